The minimum Gasteiger partial charge on any atom is -0.508 e. The molecule has 0 spiro atoms. The van der Waals surface area contributed by atoms with Crippen molar-refractivity contribution in [3.8, 4) is 5.75 Å². The molecule has 45 heavy (non-hydrogen) atoms. The van der Waals surface area contributed by atoms with Gasteiger partial charge in [-0.05, 0) is 70.6 Å². The number of hydrogen-bond acceptors (Lipinski definition) is 10. The fraction of sp³-hybridized carbons (Fsp3) is 0.455. The van der Waals surface area contributed by atoms with Crippen LogP contribution >= 0.6 is 0 Å². The number of phenols is 1. The van der Waals surface area contributed by atoms with Gasteiger partial charge < -0.3 is 26.3 Å². The van der Waals surface area contributed by atoms with Crippen LogP contribution in [-0.4, -0.2) is 71.3 Å². The van der Waals surface area contributed by atoms with Crippen molar-refractivity contribution in [2.45, 2.75) is 67.0 Å². The zero-order valence-corrected chi connectivity index (χ0v) is 27.7. The molecule has 1 unspecified atom stereocenters. The topological polar surface area (TPSA) is 192 Å². The van der Waals surface area contributed by atoms with Crippen LogP contribution in [0.2, 0.25) is 0 Å². The number of non-ortho nitro benzene ring substituents is 1. The van der Waals surface area contributed by atoms with Crippen molar-refractivity contribution < 1.29 is 24.4 Å². The molecule has 0 saturated carbocycles. The van der Waals surface area contributed by atoms with Gasteiger partial charge in [0.2, 0.25) is 0 Å². The number of benzene rings is 2. The molecular weight excluding hydrogens is 576 g/mol. The molecule has 12 heteroatoms. The van der Waals surface area contributed by atoms with E-state index in [2.05, 4.69) is 15.5 Å². The van der Waals surface area contributed by atoms with Gasteiger partial charge in [0.15, 0.2) is 0 Å². The Kier molecular flexibility index (Phi) is 24.7. The Labute approximate surface area is 267 Å². The molecule has 0 aliphatic carbocycles. The number of likely N-dealkylation sites (tertiary alicyclic amines) is 1. The summed E-state index contributed by atoms with van der Waals surface area (Å²) in [4.78, 5) is 45.4. The highest BCUT2D eigenvalue weighted by Gasteiger charge is 2.18. The van der Waals surface area contributed by atoms with E-state index in [-0.39, 0.29) is 34.6 Å². The molecule has 0 aromatic heterocycles. The number of aromatic hydroxyl groups is 1. The van der Waals surface area contributed by atoms with E-state index in [0.717, 1.165) is 44.3 Å². The second kappa shape index (κ2) is 26.0. The standard InChI is InChI=1S/C13H16N2O3.C10H18N4O2.C6H6O.2C2H6/c16-10-12-5-7-14(8-6-12)9-11-1-3-13(4-2-11)15(17)18;1-6(11)4-8(12)10(16)14-5-9(13-3)7(2)15;7-6-4-2-1-3-5-6;2*1-2/h1-4,10,12H,5-9H2;4,9,12-13H,5,11H2,1-3H3,(H,14,16);1-5,7H;2*1-2H3/b;6-4-,12-8?;;;. The first-order valence-electron chi connectivity index (χ1n) is 15.1. The molecule has 250 valence electrons. The summed E-state index contributed by atoms with van der Waals surface area (Å²) in [5.74, 6) is -0.0909. The molecular formula is C33H52N6O6. The molecule has 1 heterocycles. The summed E-state index contributed by atoms with van der Waals surface area (Å²) >= 11 is 0. The van der Waals surface area contributed by atoms with Crippen LogP contribution < -0.4 is 16.4 Å². The van der Waals surface area contributed by atoms with Gasteiger partial charge in [-0.15, -0.1) is 0 Å². The van der Waals surface area contributed by atoms with Crippen LogP contribution in [0.1, 0.15) is 59.9 Å². The third-order valence-corrected chi connectivity index (χ3v) is 6.06. The molecule has 1 atom stereocenters. The lowest BCUT2D eigenvalue weighted by molar-refractivity contribution is -0.384. The first-order valence-corrected chi connectivity index (χ1v) is 15.1. The number of phenolic OH excluding ortho intramolecular Hbond substituents is 1. The summed E-state index contributed by atoms with van der Waals surface area (Å²) in [7, 11) is 1.63. The maximum Gasteiger partial charge on any atom is 0.269 e. The van der Waals surface area contributed by atoms with E-state index in [1.165, 1.54) is 25.1 Å². The van der Waals surface area contributed by atoms with E-state index in [9.17, 15) is 24.5 Å². The van der Waals surface area contributed by atoms with Gasteiger partial charge in [-0.1, -0.05) is 58.0 Å². The number of allylic oxidation sites excluding steroid dienone is 1. The molecule has 0 bridgehead atoms. The fourth-order valence-corrected chi connectivity index (χ4v) is 3.69. The molecule has 12 nitrogen and oxygen atoms in total. The predicted octanol–water partition coefficient (Wildman–Crippen LogP) is 4.61. The van der Waals surface area contributed by atoms with Gasteiger partial charge in [-0.2, -0.15) is 0 Å². The first-order chi connectivity index (χ1) is 21.5. The second-order valence-electron chi connectivity index (χ2n) is 9.47. The normalized spacial score (nSPS) is 13.3. The average molecular weight is 629 g/mol. The van der Waals surface area contributed by atoms with Crippen molar-refractivity contribution in [3.05, 3.63) is 82.0 Å². The monoisotopic (exact) mass is 628 g/mol. The average Bonchev–Trinajstić information content (AvgIpc) is 3.04. The molecule has 1 amide bonds. The minimum absolute atomic E-state index is 0.0696. The van der Waals surface area contributed by atoms with Gasteiger partial charge in [0.25, 0.3) is 11.6 Å². The summed E-state index contributed by atoms with van der Waals surface area (Å²) in [6.07, 6.45) is 4.13. The zero-order valence-electron chi connectivity index (χ0n) is 27.7. The Bertz CT molecular complexity index is 1160. The molecule has 6 N–H and O–H groups in total. The van der Waals surface area contributed by atoms with E-state index in [1.54, 1.807) is 50.4 Å². The Morgan fingerprint density at radius 1 is 1.07 bits per heavy atom. The Morgan fingerprint density at radius 3 is 1.98 bits per heavy atom. The predicted molar refractivity (Wildman–Crippen MR) is 180 cm³/mol. The number of amides is 1. The number of nitrogens with zero attached hydrogens (tertiary/aromatic N) is 2. The number of likely N-dealkylation sites (N-methyl/N-ethyl adjacent to an activating group) is 1. The number of nitrogens with one attached hydrogen (secondary N) is 3. The van der Waals surface area contributed by atoms with Crippen LogP contribution in [0.15, 0.2) is 66.4 Å². The van der Waals surface area contributed by atoms with Crippen LogP contribution in [-0.2, 0) is 20.9 Å². The third-order valence-electron chi connectivity index (χ3n) is 6.06. The number of Topliss-reactive ketones (excluding diaryl/α,β-unsaturated/α-hetero) is 1. The second-order valence-corrected chi connectivity index (χ2v) is 9.47. The number of aldehydes is 1. The number of piperidine rings is 1. The highest BCUT2D eigenvalue weighted by Crippen LogP contribution is 2.18. The SMILES string of the molecule is CC.CC.CNC(CNC(=O)C(=N)/C=C(/C)N)C(C)=O.O=CC1CCN(Cc2ccc([N+](=O)[O-])cc2)CC1.Oc1ccccc1. The number of carbonyl (C=O) groups is 3. The van der Waals surface area contributed by atoms with E-state index in [1.807, 2.05) is 33.8 Å². The van der Waals surface area contributed by atoms with E-state index < -0.39 is 11.9 Å². The van der Waals surface area contributed by atoms with E-state index >= 15 is 0 Å². The van der Waals surface area contributed by atoms with E-state index in [0.29, 0.717) is 11.4 Å². The Morgan fingerprint density at radius 2 is 1.60 bits per heavy atom. The Balaban J connectivity index is 0. The van der Waals surface area contributed by atoms with Gasteiger partial charge >= 0.3 is 0 Å². The number of nitro groups is 1. The molecule has 2 aromatic rings. The number of carbonyl (C=O) groups excluding carboxylic acids is 3. The number of para-hydroxylation sites is 1. The van der Waals surface area contributed by atoms with Crippen molar-refractivity contribution in [1.29, 1.82) is 5.41 Å². The number of ketones is 1. The summed E-state index contributed by atoms with van der Waals surface area (Å²) in [5.41, 5.74) is 6.70. The lowest BCUT2D eigenvalue weighted by atomic mass is 9.98. The highest BCUT2D eigenvalue weighted by molar-refractivity contribution is 6.42. The van der Waals surface area contributed by atoms with Crippen LogP contribution in [0, 0.1) is 21.4 Å². The maximum absolute atomic E-state index is 11.3. The van der Waals surface area contributed by atoms with Gasteiger partial charge in [0.05, 0.1) is 11.0 Å². The number of rotatable bonds is 10. The molecule has 2 aromatic carbocycles. The van der Waals surface area contributed by atoms with Crippen LogP contribution in [0.5, 0.6) is 5.75 Å². The van der Waals surface area contributed by atoms with Crippen molar-refractivity contribution in [3.63, 3.8) is 0 Å². The maximum atomic E-state index is 11.3. The number of hydrogen-bond donors (Lipinski definition) is 5. The lowest BCUT2D eigenvalue weighted by Crippen LogP contribution is -2.45. The van der Waals surface area contributed by atoms with Gasteiger partial charge in [0, 0.05) is 36.8 Å². The fourth-order valence-electron chi connectivity index (χ4n) is 3.69. The minimum atomic E-state index is -0.550. The van der Waals surface area contributed by atoms with Crippen LogP contribution in [0.4, 0.5) is 5.69 Å². The van der Waals surface area contributed by atoms with E-state index in [4.69, 9.17) is 16.2 Å². The number of nitrogens with two attached hydrogens (primary N) is 1. The summed E-state index contributed by atoms with van der Waals surface area (Å²) in [5, 5.41) is 31.8. The third kappa shape index (κ3) is 20.2. The summed E-state index contributed by atoms with van der Waals surface area (Å²) < 4.78 is 0. The smallest absolute Gasteiger partial charge is 0.269 e. The van der Waals surface area contributed by atoms with Crippen molar-refractivity contribution >= 4 is 29.4 Å². The molecule has 0 radical (unpaired) electrons. The summed E-state index contributed by atoms with van der Waals surface area (Å²) in [6, 6.07) is 14.9. The Hall–Kier alpha value is -4.42. The molecule has 1 fully saturated rings. The summed E-state index contributed by atoms with van der Waals surface area (Å²) in [6.45, 7) is 13.8. The zero-order chi connectivity index (χ0) is 34.8. The van der Waals surface area contributed by atoms with Crippen molar-refractivity contribution in [1.82, 2.24) is 15.5 Å². The largest absolute Gasteiger partial charge is 0.508 e. The van der Waals surface area contributed by atoms with Gasteiger partial charge in [0.1, 0.15) is 23.5 Å². The first kappa shape index (κ1) is 42.7. The van der Waals surface area contributed by atoms with Crippen molar-refractivity contribution in [2.24, 2.45) is 11.7 Å². The molecule has 1 aliphatic rings. The molecule has 1 saturated heterocycles. The molecule has 3 rings (SSSR count). The van der Waals surface area contributed by atoms with Crippen molar-refractivity contribution in [2.75, 3.05) is 26.7 Å². The van der Waals surface area contributed by atoms with Gasteiger partial charge in [-0.3, -0.25) is 30.0 Å². The molecule has 1 aliphatic heterocycles. The van der Waals surface area contributed by atoms with Crippen LogP contribution in [0.25, 0.3) is 0 Å². The number of nitro benzene ring substituents is 1. The van der Waals surface area contributed by atoms with Gasteiger partial charge in [-0.25, -0.2) is 0 Å². The van der Waals surface area contributed by atoms with Crippen LogP contribution in [0.3, 0.4) is 0 Å². The lowest BCUT2D eigenvalue weighted by Gasteiger charge is -2.29. The quantitative estimate of drug-likeness (QED) is 0.108. The highest BCUT2D eigenvalue weighted by atomic mass is 16.6.